The first-order chi connectivity index (χ1) is 13.4. The van der Waals surface area contributed by atoms with Crippen LogP contribution in [0.2, 0.25) is 0 Å². The first-order valence-electron chi connectivity index (χ1n) is 9.12. The lowest BCUT2D eigenvalue weighted by molar-refractivity contribution is 0.0769. The summed E-state index contributed by atoms with van der Waals surface area (Å²) in [6.45, 7) is 3.38. The summed E-state index contributed by atoms with van der Waals surface area (Å²) in [5.41, 5.74) is -0.0675. The summed E-state index contributed by atoms with van der Waals surface area (Å²) in [7, 11) is 2.09. The Kier molecular flexibility index (Phi) is 4.80. The number of anilines is 1. The smallest absolute Gasteiger partial charge is 0.272 e. The predicted octanol–water partition coefficient (Wildman–Crippen LogP) is 2.25. The highest BCUT2D eigenvalue weighted by atomic mass is 19.1. The molecule has 0 aliphatic carbocycles. The Bertz CT molecular complexity index is 922. The maximum Gasteiger partial charge on any atom is 0.272 e. The van der Waals surface area contributed by atoms with Gasteiger partial charge >= 0.3 is 0 Å². The molecular formula is C20H20F2N4O2. The number of carbonyl (C=O) groups excluding carboxylic acids is 2. The monoisotopic (exact) mass is 386 g/mol. The topological polar surface area (TPSA) is 65.5 Å². The Hall–Kier alpha value is -2.87. The Labute approximate surface area is 161 Å². The van der Waals surface area contributed by atoms with Crippen LogP contribution in [0.25, 0.3) is 0 Å². The largest absolute Gasteiger partial charge is 0.337 e. The van der Waals surface area contributed by atoms with Crippen LogP contribution in [-0.2, 0) is 0 Å². The normalized spacial score (nSPS) is 21.6. The second-order valence-electron chi connectivity index (χ2n) is 7.44. The van der Waals surface area contributed by atoms with Crippen LogP contribution in [0.5, 0.6) is 0 Å². The molecule has 2 atom stereocenters. The Morgan fingerprint density at radius 3 is 2.46 bits per heavy atom. The number of rotatable bonds is 3. The van der Waals surface area contributed by atoms with Gasteiger partial charge in [0.2, 0.25) is 0 Å². The summed E-state index contributed by atoms with van der Waals surface area (Å²) in [5.74, 6) is -1.55. The lowest BCUT2D eigenvalue weighted by Gasteiger charge is -2.19. The molecule has 2 unspecified atom stereocenters. The van der Waals surface area contributed by atoms with Gasteiger partial charge in [0.25, 0.3) is 11.8 Å². The molecule has 8 heteroatoms. The van der Waals surface area contributed by atoms with Gasteiger partial charge in [-0.05, 0) is 43.1 Å². The molecule has 0 saturated carbocycles. The van der Waals surface area contributed by atoms with E-state index in [-0.39, 0.29) is 23.0 Å². The highest BCUT2D eigenvalue weighted by molar-refractivity contribution is 6.04. The average molecular weight is 386 g/mol. The molecule has 3 heterocycles. The highest BCUT2D eigenvalue weighted by Crippen LogP contribution is 2.30. The zero-order valence-electron chi connectivity index (χ0n) is 15.4. The fourth-order valence-corrected chi connectivity index (χ4v) is 4.04. The number of nitrogens with zero attached hydrogens (tertiary/aromatic N) is 3. The first-order valence-corrected chi connectivity index (χ1v) is 9.12. The van der Waals surface area contributed by atoms with Gasteiger partial charge in [0.1, 0.15) is 23.1 Å². The lowest BCUT2D eigenvalue weighted by atomic mass is 10.0. The third-order valence-electron chi connectivity index (χ3n) is 5.34. The van der Waals surface area contributed by atoms with E-state index < -0.39 is 17.5 Å². The molecule has 2 aromatic rings. The van der Waals surface area contributed by atoms with Gasteiger partial charge in [-0.2, -0.15) is 0 Å². The third-order valence-corrected chi connectivity index (χ3v) is 5.34. The molecule has 0 bridgehead atoms. The Morgan fingerprint density at radius 2 is 1.79 bits per heavy atom. The number of amides is 2. The fourth-order valence-electron chi connectivity index (χ4n) is 4.04. The van der Waals surface area contributed by atoms with Crippen LogP contribution < -0.4 is 5.32 Å². The molecule has 1 N–H and O–H groups in total. The van der Waals surface area contributed by atoms with E-state index in [1.165, 1.54) is 6.07 Å². The van der Waals surface area contributed by atoms with Crippen LogP contribution >= 0.6 is 0 Å². The van der Waals surface area contributed by atoms with E-state index in [9.17, 15) is 18.4 Å². The minimum atomic E-state index is -0.960. The molecule has 4 rings (SSSR count). The van der Waals surface area contributed by atoms with E-state index in [0.717, 1.165) is 25.2 Å². The summed E-state index contributed by atoms with van der Waals surface area (Å²) in [6.07, 6.45) is 0. The van der Waals surface area contributed by atoms with Crippen LogP contribution in [0.4, 0.5) is 14.6 Å². The molecule has 2 fully saturated rings. The van der Waals surface area contributed by atoms with Gasteiger partial charge in [-0.1, -0.05) is 6.07 Å². The number of hydrogen-bond acceptors (Lipinski definition) is 4. The number of pyridine rings is 1. The van der Waals surface area contributed by atoms with Crippen molar-refractivity contribution < 1.29 is 18.4 Å². The fraction of sp³-hybridized carbons (Fsp3) is 0.350. The van der Waals surface area contributed by atoms with Crippen LogP contribution in [0, 0.1) is 23.5 Å². The summed E-state index contributed by atoms with van der Waals surface area (Å²) in [5, 5.41) is 2.46. The van der Waals surface area contributed by atoms with Crippen molar-refractivity contribution >= 4 is 17.6 Å². The van der Waals surface area contributed by atoms with Gasteiger partial charge in [0.15, 0.2) is 0 Å². The molecule has 2 saturated heterocycles. The van der Waals surface area contributed by atoms with Crippen LogP contribution in [0.1, 0.15) is 20.8 Å². The minimum absolute atomic E-state index is 0.138. The van der Waals surface area contributed by atoms with Crippen molar-refractivity contribution in [1.82, 2.24) is 14.8 Å². The van der Waals surface area contributed by atoms with Crippen molar-refractivity contribution in [2.75, 3.05) is 38.5 Å². The highest BCUT2D eigenvalue weighted by Gasteiger charge is 2.40. The third kappa shape index (κ3) is 3.60. The van der Waals surface area contributed by atoms with Gasteiger partial charge in [0.05, 0.1) is 5.56 Å². The van der Waals surface area contributed by atoms with Crippen LogP contribution in [-0.4, -0.2) is 59.8 Å². The second-order valence-corrected chi connectivity index (χ2v) is 7.44. The van der Waals surface area contributed by atoms with Gasteiger partial charge in [-0.25, -0.2) is 13.8 Å². The molecule has 0 spiro atoms. The van der Waals surface area contributed by atoms with E-state index in [1.54, 1.807) is 17.0 Å². The van der Waals surface area contributed by atoms with Gasteiger partial charge in [-0.15, -0.1) is 0 Å². The number of carbonyl (C=O) groups is 2. The number of hydrogen-bond donors (Lipinski definition) is 1. The first kappa shape index (κ1) is 18.5. The van der Waals surface area contributed by atoms with E-state index >= 15 is 0 Å². The van der Waals surface area contributed by atoms with Crippen molar-refractivity contribution in [1.29, 1.82) is 0 Å². The number of fused-ring (bicyclic) bond motifs is 1. The maximum atomic E-state index is 13.8. The molecule has 2 aliphatic rings. The quantitative estimate of drug-likeness (QED) is 0.879. The summed E-state index contributed by atoms with van der Waals surface area (Å²) in [4.78, 5) is 33.3. The van der Waals surface area contributed by atoms with Gasteiger partial charge < -0.3 is 15.1 Å². The summed E-state index contributed by atoms with van der Waals surface area (Å²) >= 11 is 0. The van der Waals surface area contributed by atoms with E-state index in [4.69, 9.17) is 0 Å². The van der Waals surface area contributed by atoms with Crippen molar-refractivity contribution in [3.8, 4) is 0 Å². The zero-order chi connectivity index (χ0) is 19.8. The number of benzene rings is 1. The van der Waals surface area contributed by atoms with Crippen LogP contribution in [0.15, 0.2) is 36.4 Å². The molecular weight excluding hydrogens is 366 g/mol. The SMILES string of the molecule is CN1CC2CN(C(=O)c3cccc(NC(=O)c4ccc(F)cc4F)n3)CC2C1. The Balaban J connectivity index is 1.46. The lowest BCUT2D eigenvalue weighted by Crippen LogP contribution is -2.33. The van der Waals surface area contributed by atoms with Crippen molar-refractivity contribution in [3.63, 3.8) is 0 Å². The maximum absolute atomic E-state index is 13.8. The van der Waals surface area contributed by atoms with Crippen LogP contribution in [0.3, 0.4) is 0 Å². The molecule has 146 valence electrons. The molecule has 1 aromatic heterocycles. The number of likely N-dealkylation sites (tertiary alicyclic amines) is 2. The zero-order valence-corrected chi connectivity index (χ0v) is 15.4. The molecule has 28 heavy (non-hydrogen) atoms. The van der Waals surface area contributed by atoms with E-state index in [0.29, 0.717) is 31.0 Å². The van der Waals surface area contributed by atoms with Crippen molar-refractivity contribution in [2.24, 2.45) is 11.8 Å². The molecule has 0 radical (unpaired) electrons. The molecule has 2 amide bonds. The number of nitrogens with one attached hydrogen (secondary N) is 1. The average Bonchev–Trinajstić information content (AvgIpc) is 3.18. The van der Waals surface area contributed by atoms with Crippen molar-refractivity contribution in [2.45, 2.75) is 0 Å². The summed E-state index contributed by atoms with van der Waals surface area (Å²) < 4.78 is 26.8. The van der Waals surface area contributed by atoms with E-state index in [1.807, 2.05) is 0 Å². The molecule has 1 aromatic carbocycles. The van der Waals surface area contributed by atoms with Gasteiger partial charge in [0, 0.05) is 32.2 Å². The van der Waals surface area contributed by atoms with Crippen molar-refractivity contribution in [3.05, 3.63) is 59.3 Å². The standard InChI is InChI=1S/C20H20F2N4O2/c1-25-8-12-10-26(11-13(12)9-25)20(28)17-3-2-4-18(23-17)24-19(27)15-6-5-14(21)7-16(15)22/h2-7,12-13H,8-11H2,1H3,(H,23,24,27). The summed E-state index contributed by atoms with van der Waals surface area (Å²) in [6, 6.07) is 7.44. The minimum Gasteiger partial charge on any atom is -0.337 e. The van der Waals surface area contributed by atoms with E-state index in [2.05, 4.69) is 22.2 Å². The molecule has 2 aliphatic heterocycles. The Morgan fingerprint density at radius 1 is 1.07 bits per heavy atom. The predicted molar refractivity (Wildman–Crippen MR) is 98.9 cm³/mol. The van der Waals surface area contributed by atoms with Gasteiger partial charge in [-0.3, -0.25) is 9.59 Å². The molecule has 6 nitrogen and oxygen atoms in total. The second kappa shape index (κ2) is 7.27. The number of aromatic nitrogens is 1. The number of halogens is 2.